The molecule has 0 fully saturated rings. The van der Waals surface area contributed by atoms with E-state index in [0.29, 0.717) is 27.7 Å². The summed E-state index contributed by atoms with van der Waals surface area (Å²) in [5, 5.41) is 12.7. The van der Waals surface area contributed by atoms with E-state index < -0.39 is 11.9 Å². The number of nitrogens with zero attached hydrogens (tertiary/aromatic N) is 6. The number of terminal acetylenes is 1. The zero-order valence-electron chi connectivity index (χ0n) is 27.1. The Morgan fingerprint density at radius 1 is 1.13 bits per heavy atom. The Bertz CT molecular complexity index is 2280. The van der Waals surface area contributed by atoms with Crippen LogP contribution in [-0.4, -0.2) is 66.2 Å². The van der Waals surface area contributed by atoms with Gasteiger partial charge in [0.2, 0.25) is 0 Å². The molecule has 5 aromatic rings. The van der Waals surface area contributed by atoms with Gasteiger partial charge in [0, 0.05) is 37.2 Å². The SMILES string of the molecule is B/C(C#C)=C(B)/C(B)=C(/B)Cn1c([C@@H](C)NC(=O)c2c(N)nn3cccnc23)cc2cccc(C#Cc3cnn(C)c3C)c2c1=O. The van der Waals surface area contributed by atoms with E-state index in [9.17, 15) is 9.59 Å². The standard InChI is InChI=1S/C32H32B4N8O2/c1-5-22(33)27(35)28(36)23(34)16-43-24(17(2)40-31(45)26-29(37)41-44-13-7-12-38-30(26)44)14-20-9-6-8-19(25(20)32(43)46)10-11-21-15-39-42(4)18(21)3/h1,6-9,12-15,17H,16,33-36H2,2-4H3,(H2,37,41)(H,40,45)/b27-22-,28-23-/t17-/m1/s1. The van der Waals surface area contributed by atoms with Crippen LogP contribution in [0.1, 0.15) is 45.8 Å². The van der Waals surface area contributed by atoms with Crippen molar-refractivity contribution in [3.05, 3.63) is 109 Å². The molecule has 5 rings (SSSR count). The first-order valence-electron chi connectivity index (χ1n) is 14.8. The number of aryl methyl sites for hydroxylation is 1. The summed E-state index contributed by atoms with van der Waals surface area (Å²) < 4.78 is 4.92. The van der Waals surface area contributed by atoms with Crippen molar-refractivity contribution in [3.63, 3.8) is 0 Å². The number of fused-ring (bicyclic) bond motifs is 2. The monoisotopic (exact) mass is 604 g/mol. The van der Waals surface area contributed by atoms with Crippen molar-refractivity contribution in [1.29, 1.82) is 0 Å². The van der Waals surface area contributed by atoms with E-state index in [0.717, 1.165) is 33.1 Å². The fourth-order valence-corrected chi connectivity index (χ4v) is 5.33. The zero-order valence-corrected chi connectivity index (χ0v) is 27.1. The van der Waals surface area contributed by atoms with Crippen molar-refractivity contribution in [2.45, 2.75) is 26.4 Å². The molecule has 46 heavy (non-hydrogen) atoms. The van der Waals surface area contributed by atoms with Gasteiger partial charge in [-0.2, -0.15) is 5.10 Å². The van der Waals surface area contributed by atoms with Gasteiger partial charge in [-0.05, 0) is 42.9 Å². The number of aromatic nitrogens is 6. The minimum absolute atomic E-state index is 0.0620. The van der Waals surface area contributed by atoms with Crippen molar-refractivity contribution in [2.75, 3.05) is 5.73 Å². The molecule has 4 aromatic heterocycles. The Balaban J connectivity index is 1.66. The van der Waals surface area contributed by atoms with Gasteiger partial charge in [0.05, 0.1) is 28.9 Å². The fraction of sp³-hybridized carbons (Fsp3) is 0.156. The summed E-state index contributed by atoms with van der Waals surface area (Å²) in [6, 6.07) is 8.63. The first-order chi connectivity index (χ1) is 21.9. The van der Waals surface area contributed by atoms with Crippen LogP contribution in [0.3, 0.4) is 0 Å². The minimum atomic E-state index is -0.590. The number of nitrogens with one attached hydrogen (secondary N) is 1. The van der Waals surface area contributed by atoms with Crippen molar-refractivity contribution in [1.82, 2.24) is 34.3 Å². The van der Waals surface area contributed by atoms with Crippen molar-refractivity contribution in [3.8, 4) is 24.2 Å². The second-order valence-electron chi connectivity index (χ2n) is 11.4. The van der Waals surface area contributed by atoms with Gasteiger partial charge < -0.3 is 15.6 Å². The molecule has 0 aliphatic carbocycles. The van der Waals surface area contributed by atoms with Crippen LogP contribution < -0.4 is 16.6 Å². The highest BCUT2D eigenvalue weighted by Gasteiger charge is 2.23. The second kappa shape index (κ2) is 12.8. The number of hydrogen-bond donors (Lipinski definition) is 2. The first-order valence-corrected chi connectivity index (χ1v) is 14.8. The number of rotatable bonds is 6. The van der Waals surface area contributed by atoms with E-state index in [1.54, 1.807) is 33.9 Å². The second-order valence-corrected chi connectivity index (χ2v) is 11.4. The molecule has 0 saturated carbocycles. The van der Waals surface area contributed by atoms with Gasteiger partial charge in [-0.3, -0.25) is 14.3 Å². The van der Waals surface area contributed by atoms with Crippen LogP contribution in [0.5, 0.6) is 0 Å². The molecular formula is C32H32B4N8O2. The van der Waals surface area contributed by atoms with Crippen molar-refractivity contribution < 1.29 is 4.79 Å². The summed E-state index contributed by atoms with van der Waals surface area (Å²) in [6.45, 7) is 4.05. The number of nitrogens with two attached hydrogens (primary N) is 1. The van der Waals surface area contributed by atoms with E-state index in [1.165, 1.54) is 4.52 Å². The van der Waals surface area contributed by atoms with Gasteiger partial charge in [0.25, 0.3) is 11.5 Å². The smallest absolute Gasteiger partial charge is 0.260 e. The molecule has 1 atom stereocenters. The van der Waals surface area contributed by atoms with E-state index in [1.807, 2.05) is 76.5 Å². The van der Waals surface area contributed by atoms with Crippen LogP contribution >= 0.6 is 0 Å². The van der Waals surface area contributed by atoms with Crippen molar-refractivity contribution in [2.24, 2.45) is 7.05 Å². The van der Waals surface area contributed by atoms with E-state index in [-0.39, 0.29) is 23.5 Å². The number of allylic oxidation sites excluding steroid dienone is 4. The number of carbonyl (C=O) groups is 1. The summed E-state index contributed by atoms with van der Waals surface area (Å²) in [6.07, 6.45) is 10.6. The molecule has 0 unspecified atom stereocenters. The summed E-state index contributed by atoms with van der Waals surface area (Å²) in [5.41, 5.74) is 13.1. The summed E-state index contributed by atoms with van der Waals surface area (Å²) in [5.74, 6) is 8.71. The van der Waals surface area contributed by atoms with Crippen LogP contribution in [0.15, 0.2) is 75.6 Å². The number of benzene rings is 1. The molecule has 14 heteroatoms. The van der Waals surface area contributed by atoms with Gasteiger partial charge in [-0.1, -0.05) is 40.8 Å². The van der Waals surface area contributed by atoms with Gasteiger partial charge >= 0.3 is 0 Å². The number of carbonyl (C=O) groups excluding carboxylic acids is 1. The summed E-state index contributed by atoms with van der Waals surface area (Å²) in [4.78, 5) is 32.3. The van der Waals surface area contributed by atoms with Crippen LogP contribution in [0.4, 0.5) is 5.82 Å². The Kier molecular flexibility index (Phi) is 8.84. The normalized spacial score (nSPS) is 12.9. The molecule has 0 aliphatic heterocycles. The topological polar surface area (TPSA) is 125 Å². The third-order valence-electron chi connectivity index (χ3n) is 8.56. The van der Waals surface area contributed by atoms with Crippen molar-refractivity contribution >= 4 is 59.5 Å². The van der Waals surface area contributed by atoms with E-state index >= 15 is 0 Å². The minimum Gasteiger partial charge on any atom is -0.381 e. The highest BCUT2D eigenvalue weighted by atomic mass is 16.2. The molecule has 0 aliphatic rings. The number of amides is 1. The maximum Gasteiger partial charge on any atom is 0.260 e. The molecular weight excluding hydrogens is 572 g/mol. The van der Waals surface area contributed by atoms with Crippen LogP contribution in [0, 0.1) is 31.1 Å². The molecule has 0 saturated heterocycles. The molecule has 4 heterocycles. The van der Waals surface area contributed by atoms with E-state index in [4.69, 9.17) is 12.2 Å². The largest absolute Gasteiger partial charge is 0.381 e. The average Bonchev–Trinajstić information content (AvgIpc) is 3.56. The number of pyridine rings is 1. The third-order valence-corrected chi connectivity index (χ3v) is 8.56. The van der Waals surface area contributed by atoms with Crippen LogP contribution in [0.25, 0.3) is 16.4 Å². The lowest BCUT2D eigenvalue weighted by molar-refractivity contribution is 0.0940. The molecule has 10 nitrogen and oxygen atoms in total. The maximum atomic E-state index is 14.5. The van der Waals surface area contributed by atoms with E-state index in [2.05, 4.69) is 38.3 Å². The fourth-order valence-electron chi connectivity index (χ4n) is 5.33. The third kappa shape index (κ3) is 5.90. The first kappa shape index (κ1) is 31.8. The van der Waals surface area contributed by atoms with Gasteiger partial charge in [0.1, 0.15) is 36.9 Å². The number of anilines is 1. The quantitative estimate of drug-likeness (QED) is 0.148. The predicted molar refractivity (Wildman–Crippen MR) is 192 cm³/mol. The Morgan fingerprint density at radius 3 is 2.57 bits per heavy atom. The lowest BCUT2D eigenvalue weighted by Gasteiger charge is -2.22. The van der Waals surface area contributed by atoms with Gasteiger partial charge in [-0.25, -0.2) is 9.50 Å². The summed E-state index contributed by atoms with van der Waals surface area (Å²) >= 11 is 0. The number of hydrogen-bond acceptors (Lipinski definition) is 6. The number of nitrogen functional groups attached to an aromatic ring is 1. The molecule has 3 N–H and O–H groups in total. The lowest BCUT2D eigenvalue weighted by atomic mass is 9.66. The van der Waals surface area contributed by atoms with Crippen LogP contribution in [-0.2, 0) is 13.6 Å². The van der Waals surface area contributed by atoms with Gasteiger partial charge in [0.15, 0.2) is 11.5 Å². The molecule has 224 valence electrons. The Labute approximate surface area is 270 Å². The molecule has 1 aromatic carbocycles. The highest BCUT2D eigenvalue weighted by Crippen LogP contribution is 2.24. The summed E-state index contributed by atoms with van der Waals surface area (Å²) in [7, 11) is 9.71. The molecule has 0 bridgehead atoms. The molecule has 0 spiro atoms. The Hall–Kier alpha value is -5.61. The maximum absolute atomic E-state index is 14.5. The Morgan fingerprint density at radius 2 is 1.87 bits per heavy atom. The lowest BCUT2D eigenvalue weighted by Crippen LogP contribution is -2.33. The zero-order chi connectivity index (χ0) is 33.3. The van der Waals surface area contributed by atoms with Crippen LogP contribution in [0.2, 0.25) is 0 Å². The molecule has 0 radical (unpaired) electrons. The highest BCUT2D eigenvalue weighted by molar-refractivity contribution is 6.44. The average molecular weight is 604 g/mol. The predicted octanol–water partition coefficient (Wildman–Crippen LogP) is -0.852. The molecule has 1 amide bonds. The van der Waals surface area contributed by atoms with Gasteiger partial charge in [-0.15, -0.1) is 17.0 Å².